The van der Waals surface area contributed by atoms with Crippen LogP contribution in [0.4, 0.5) is 0 Å². The Morgan fingerprint density at radius 2 is 1.95 bits per heavy atom. The van der Waals surface area contributed by atoms with Crippen LogP contribution in [0.3, 0.4) is 0 Å². The Balaban J connectivity index is 2.03. The average molecular weight is 280 g/mol. The van der Waals surface area contributed by atoms with Crippen LogP contribution < -0.4 is 5.32 Å². The highest BCUT2D eigenvalue weighted by atomic mass is 35.5. The summed E-state index contributed by atoms with van der Waals surface area (Å²) in [6.45, 7) is 7.61. The minimum absolute atomic E-state index is 0.150. The van der Waals surface area contributed by atoms with Gasteiger partial charge in [0.25, 0.3) is 0 Å². The second kappa shape index (κ2) is 6.28. The van der Waals surface area contributed by atoms with Crippen LogP contribution in [-0.4, -0.2) is 11.4 Å². The van der Waals surface area contributed by atoms with Gasteiger partial charge in [0.05, 0.1) is 0 Å². The summed E-state index contributed by atoms with van der Waals surface area (Å²) >= 11 is 6.27. The summed E-state index contributed by atoms with van der Waals surface area (Å²) in [5.74, 6) is 1.52. The molecule has 1 nitrogen and oxygen atoms in total. The molecule has 19 heavy (non-hydrogen) atoms. The van der Waals surface area contributed by atoms with Crippen molar-refractivity contribution >= 4 is 11.6 Å². The van der Waals surface area contributed by atoms with Gasteiger partial charge in [0.2, 0.25) is 0 Å². The molecule has 2 unspecified atom stereocenters. The van der Waals surface area contributed by atoms with Gasteiger partial charge >= 0.3 is 0 Å². The van der Waals surface area contributed by atoms with E-state index in [1.54, 1.807) is 0 Å². The lowest BCUT2D eigenvalue weighted by Gasteiger charge is -2.39. The molecule has 0 aliphatic heterocycles. The molecule has 0 heterocycles. The Kier molecular flexibility index (Phi) is 4.92. The lowest BCUT2D eigenvalue weighted by molar-refractivity contribution is 0.207. The van der Waals surface area contributed by atoms with E-state index in [0.717, 1.165) is 18.3 Å². The van der Waals surface area contributed by atoms with Gasteiger partial charge < -0.3 is 5.32 Å². The lowest BCUT2D eigenvalue weighted by Crippen LogP contribution is -2.49. The molecule has 0 spiro atoms. The van der Waals surface area contributed by atoms with E-state index in [0.29, 0.717) is 0 Å². The van der Waals surface area contributed by atoms with Crippen LogP contribution >= 0.6 is 11.6 Å². The molecule has 1 aromatic rings. The molecule has 0 aromatic heterocycles. The lowest BCUT2D eigenvalue weighted by atomic mass is 9.77. The molecule has 2 rings (SSSR count). The average Bonchev–Trinajstić information content (AvgIpc) is 2.35. The highest BCUT2D eigenvalue weighted by Gasteiger charge is 2.33. The molecule has 0 bridgehead atoms. The maximum atomic E-state index is 6.27. The summed E-state index contributed by atoms with van der Waals surface area (Å²) in [6, 6.07) is 6.77. The maximum Gasteiger partial charge on any atom is 0.0406 e. The quantitative estimate of drug-likeness (QED) is 0.796. The zero-order valence-corrected chi connectivity index (χ0v) is 13.2. The largest absolute Gasteiger partial charge is 0.306 e. The SMILES string of the molecule is Cc1cc(C)cc(CNC2(CCl)CCCC(C)C2)c1. The molecule has 2 atom stereocenters. The fraction of sp³-hybridized carbons (Fsp3) is 0.647. The first-order valence-electron chi connectivity index (χ1n) is 7.41. The van der Waals surface area contributed by atoms with E-state index in [4.69, 9.17) is 11.6 Å². The van der Waals surface area contributed by atoms with Crippen molar-refractivity contribution in [1.29, 1.82) is 0 Å². The Morgan fingerprint density at radius 1 is 1.26 bits per heavy atom. The molecule has 0 radical (unpaired) electrons. The second-order valence-corrected chi connectivity index (χ2v) is 6.73. The minimum atomic E-state index is 0.150. The molecule has 1 saturated carbocycles. The Bertz CT molecular complexity index is 409. The van der Waals surface area contributed by atoms with Crippen molar-refractivity contribution in [2.24, 2.45) is 5.92 Å². The zero-order chi connectivity index (χ0) is 13.9. The van der Waals surface area contributed by atoms with Crippen LogP contribution in [-0.2, 0) is 6.54 Å². The summed E-state index contributed by atoms with van der Waals surface area (Å²) < 4.78 is 0. The van der Waals surface area contributed by atoms with Crippen LogP contribution in [0.25, 0.3) is 0 Å². The number of halogens is 1. The Labute approximate surface area is 122 Å². The fourth-order valence-corrected chi connectivity index (χ4v) is 3.79. The molecule has 1 fully saturated rings. The Hall–Kier alpha value is -0.530. The molecule has 0 amide bonds. The van der Waals surface area contributed by atoms with Crippen LogP contribution in [0.5, 0.6) is 0 Å². The van der Waals surface area contributed by atoms with E-state index in [2.05, 4.69) is 44.3 Å². The monoisotopic (exact) mass is 279 g/mol. The third-order valence-electron chi connectivity index (χ3n) is 4.30. The molecule has 1 aliphatic carbocycles. The van der Waals surface area contributed by atoms with E-state index < -0.39 is 0 Å². The van der Waals surface area contributed by atoms with Gasteiger partial charge in [0.15, 0.2) is 0 Å². The van der Waals surface area contributed by atoms with E-state index in [9.17, 15) is 0 Å². The minimum Gasteiger partial charge on any atom is -0.306 e. The number of benzene rings is 1. The van der Waals surface area contributed by atoms with Gasteiger partial charge in [-0.1, -0.05) is 49.1 Å². The number of alkyl halides is 1. The van der Waals surface area contributed by atoms with Crippen molar-refractivity contribution in [2.75, 3.05) is 5.88 Å². The van der Waals surface area contributed by atoms with Crippen molar-refractivity contribution in [3.63, 3.8) is 0 Å². The summed E-state index contributed by atoms with van der Waals surface area (Å²) in [5, 5.41) is 3.75. The van der Waals surface area contributed by atoms with Gasteiger partial charge in [-0.05, 0) is 38.2 Å². The summed E-state index contributed by atoms with van der Waals surface area (Å²) in [6.07, 6.45) is 5.07. The predicted octanol–water partition coefficient (Wildman–Crippen LogP) is 4.58. The molecule has 1 aliphatic rings. The molecule has 0 saturated heterocycles. The Morgan fingerprint density at radius 3 is 2.53 bits per heavy atom. The first-order chi connectivity index (χ1) is 9.03. The first-order valence-corrected chi connectivity index (χ1v) is 7.95. The summed E-state index contributed by atoms with van der Waals surface area (Å²) in [5.41, 5.74) is 4.21. The smallest absolute Gasteiger partial charge is 0.0406 e. The van der Waals surface area contributed by atoms with Crippen molar-refractivity contribution in [3.8, 4) is 0 Å². The second-order valence-electron chi connectivity index (χ2n) is 6.47. The van der Waals surface area contributed by atoms with Gasteiger partial charge in [-0.3, -0.25) is 0 Å². The summed E-state index contributed by atoms with van der Waals surface area (Å²) in [4.78, 5) is 0. The van der Waals surface area contributed by atoms with E-state index in [-0.39, 0.29) is 5.54 Å². The topological polar surface area (TPSA) is 12.0 Å². The number of nitrogens with one attached hydrogen (secondary N) is 1. The van der Waals surface area contributed by atoms with Crippen LogP contribution in [0, 0.1) is 19.8 Å². The van der Waals surface area contributed by atoms with Crippen molar-refractivity contribution in [3.05, 3.63) is 34.9 Å². The van der Waals surface area contributed by atoms with E-state index >= 15 is 0 Å². The van der Waals surface area contributed by atoms with E-state index in [1.807, 2.05) is 0 Å². The molecule has 106 valence electrons. The van der Waals surface area contributed by atoms with Gasteiger partial charge in [-0.2, -0.15) is 0 Å². The zero-order valence-electron chi connectivity index (χ0n) is 12.4. The highest BCUT2D eigenvalue weighted by molar-refractivity contribution is 6.18. The predicted molar refractivity (Wildman–Crippen MR) is 83.8 cm³/mol. The van der Waals surface area contributed by atoms with Crippen molar-refractivity contribution < 1.29 is 0 Å². The van der Waals surface area contributed by atoms with Gasteiger partial charge in [-0.25, -0.2) is 0 Å². The van der Waals surface area contributed by atoms with Crippen LogP contribution in [0.1, 0.15) is 49.3 Å². The fourth-order valence-electron chi connectivity index (χ4n) is 3.45. The van der Waals surface area contributed by atoms with Gasteiger partial charge in [0.1, 0.15) is 0 Å². The van der Waals surface area contributed by atoms with Crippen LogP contribution in [0.2, 0.25) is 0 Å². The number of hydrogen-bond acceptors (Lipinski definition) is 1. The molecular formula is C17H26ClN. The van der Waals surface area contributed by atoms with Crippen molar-refractivity contribution in [1.82, 2.24) is 5.32 Å². The van der Waals surface area contributed by atoms with Crippen molar-refractivity contribution in [2.45, 2.75) is 58.5 Å². The van der Waals surface area contributed by atoms with Gasteiger partial charge in [-0.15, -0.1) is 11.6 Å². The first kappa shape index (κ1) is 14.9. The van der Waals surface area contributed by atoms with E-state index in [1.165, 1.54) is 42.4 Å². The van der Waals surface area contributed by atoms with Gasteiger partial charge in [0, 0.05) is 18.0 Å². The standard InChI is InChI=1S/C17H26ClN/c1-13-5-4-6-17(10-13,12-18)19-11-16-8-14(2)7-15(3)9-16/h7-9,13,19H,4-6,10-12H2,1-3H3. The number of aryl methyl sites for hydroxylation is 2. The molecule has 1 N–H and O–H groups in total. The number of hydrogen-bond donors (Lipinski definition) is 1. The third kappa shape index (κ3) is 3.97. The number of rotatable bonds is 4. The third-order valence-corrected chi connectivity index (χ3v) is 4.81. The highest BCUT2D eigenvalue weighted by Crippen LogP contribution is 2.33. The summed E-state index contributed by atoms with van der Waals surface area (Å²) in [7, 11) is 0. The normalized spacial score (nSPS) is 27.5. The maximum absolute atomic E-state index is 6.27. The molecule has 1 aromatic carbocycles. The molecule has 2 heteroatoms. The molecular weight excluding hydrogens is 254 g/mol. The van der Waals surface area contributed by atoms with Crippen LogP contribution in [0.15, 0.2) is 18.2 Å².